The van der Waals surface area contributed by atoms with E-state index in [2.05, 4.69) is 10.3 Å². The predicted molar refractivity (Wildman–Crippen MR) is 114 cm³/mol. The maximum Gasteiger partial charge on any atom is 0.270 e. The molecule has 2 N–H and O–H groups in total. The molecule has 0 aliphatic heterocycles. The molecule has 0 spiro atoms. The maximum absolute atomic E-state index is 13.9. The number of nitrogens with zero attached hydrogens (tertiary/aromatic N) is 2. The molecule has 4 aromatic rings. The van der Waals surface area contributed by atoms with Gasteiger partial charge in [0.05, 0.1) is 17.4 Å². The van der Waals surface area contributed by atoms with E-state index in [9.17, 15) is 18.7 Å². The highest BCUT2D eigenvalue weighted by atomic mass is 19.1. The Kier molecular flexibility index (Phi) is 6.13. The number of pyridine rings is 1. The van der Waals surface area contributed by atoms with Crippen LogP contribution in [0.2, 0.25) is 0 Å². The van der Waals surface area contributed by atoms with E-state index in [1.54, 1.807) is 41.8 Å². The molecule has 0 fully saturated rings. The summed E-state index contributed by atoms with van der Waals surface area (Å²) in [6.45, 7) is 1.38. The summed E-state index contributed by atoms with van der Waals surface area (Å²) in [4.78, 5) is 17.2. The minimum absolute atomic E-state index is 0.0261. The number of carbonyl (C=O) groups is 1. The standard InChI is InChI=1S/C24H21F2N3O3/c1-15-22(24(31)27-13-20(30)16-7-3-2-4-8-16)29-12-6-11-21(23(29)28-15)32-14-17-18(25)9-5-10-19(17)26/h2-12,20,30H,13-14H2,1H3,(H,27,31)/t20-/m0/s1. The van der Waals surface area contributed by atoms with E-state index in [1.807, 2.05) is 18.2 Å². The number of aryl methyl sites for hydroxylation is 1. The summed E-state index contributed by atoms with van der Waals surface area (Å²) in [5.41, 5.74) is 1.58. The van der Waals surface area contributed by atoms with Crippen LogP contribution in [-0.4, -0.2) is 26.9 Å². The first-order valence-corrected chi connectivity index (χ1v) is 10.00. The normalized spacial score (nSPS) is 12.0. The third kappa shape index (κ3) is 4.31. The summed E-state index contributed by atoms with van der Waals surface area (Å²) in [7, 11) is 0. The number of hydrogen-bond donors (Lipinski definition) is 2. The van der Waals surface area contributed by atoms with E-state index in [1.165, 1.54) is 6.07 Å². The van der Waals surface area contributed by atoms with Gasteiger partial charge in [-0.2, -0.15) is 0 Å². The van der Waals surface area contributed by atoms with Gasteiger partial charge in [0.15, 0.2) is 11.4 Å². The van der Waals surface area contributed by atoms with Gasteiger partial charge in [-0.1, -0.05) is 36.4 Å². The molecular formula is C24H21F2N3O3. The summed E-state index contributed by atoms with van der Waals surface area (Å²) in [5, 5.41) is 13.0. The molecular weight excluding hydrogens is 416 g/mol. The highest BCUT2D eigenvalue weighted by Gasteiger charge is 2.20. The second-order valence-corrected chi connectivity index (χ2v) is 7.24. The van der Waals surface area contributed by atoms with Gasteiger partial charge in [0.25, 0.3) is 5.91 Å². The number of ether oxygens (including phenoxy) is 1. The lowest BCUT2D eigenvalue weighted by molar-refractivity contribution is 0.0910. The number of nitrogens with one attached hydrogen (secondary N) is 1. The first kappa shape index (κ1) is 21.5. The van der Waals surface area contributed by atoms with Crippen LogP contribution in [0.15, 0.2) is 66.9 Å². The molecule has 0 saturated heterocycles. The Morgan fingerprint density at radius 3 is 2.53 bits per heavy atom. The minimum Gasteiger partial charge on any atom is -0.485 e. The van der Waals surface area contributed by atoms with Crippen molar-refractivity contribution in [2.75, 3.05) is 6.54 Å². The Bertz CT molecular complexity index is 1240. The summed E-state index contributed by atoms with van der Waals surface area (Å²) >= 11 is 0. The van der Waals surface area contributed by atoms with Crippen molar-refractivity contribution in [1.82, 2.24) is 14.7 Å². The second-order valence-electron chi connectivity index (χ2n) is 7.24. The predicted octanol–water partition coefficient (Wildman–Crippen LogP) is 3.96. The van der Waals surface area contributed by atoms with Crippen LogP contribution in [0.25, 0.3) is 5.65 Å². The van der Waals surface area contributed by atoms with E-state index in [0.717, 1.165) is 12.1 Å². The van der Waals surface area contributed by atoms with Gasteiger partial charge in [-0.25, -0.2) is 13.8 Å². The average Bonchev–Trinajstić information content (AvgIpc) is 3.14. The number of hydrogen-bond acceptors (Lipinski definition) is 4. The molecule has 2 aromatic carbocycles. The molecule has 4 rings (SSSR count). The smallest absolute Gasteiger partial charge is 0.270 e. The third-order valence-corrected chi connectivity index (χ3v) is 5.08. The topological polar surface area (TPSA) is 75.9 Å². The van der Waals surface area contributed by atoms with Crippen molar-refractivity contribution in [2.45, 2.75) is 19.6 Å². The first-order valence-electron chi connectivity index (χ1n) is 10.00. The van der Waals surface area contributed by atoms with Crippen molar-refractivity contribution in [1.29, 1.82) is 0 Å². The van der Waals surface area contributed by atoms with Gasteiger partial charge in [0, 0.05) is 12.7 Å². The minimum atomic E-state index is -0.853. The second kappa shape index (κ2) is 9.15. The number of benzene rings is 2. The zero-order chi connectivity index (χ0) is 22.7. The van der Waals surface area contributed by atoms with Crippen molar-refractivity contribution in [2.24, 2.45) is 0 Å². The lowest BCUT2D eigenvalue weighted by atomic mass is 10.1. The number of aliphatic hydroxyl groups is 1. The third-order valence-electron chi connectivity index (χ3n) is 5.08. The number of fused-ring (bicyclic) bond motifs is 1. The summed E-state index contributed by atoms with van der Waals surface area (Å²) in [5.74, 6) is -1.54. The van der Waals surface area contributed by atoms with Gasteiger partial charge in [0.2, 0.25) is 0 Å². The Morgan fingerprint density at radius 1 is 1.09 bits per heavy atom. The lowest BCUT2D eigenvalue weighted by Gasteiger charge is -2.13. The van der Waals surface area contributed by atoms with Gasteiger partial charge >= 0.3 is 0 Å². The highest BCUT2D eigenvalue weighted by molar-refractivity contribution is 5.95. The van der Waals surface area contributed by atoms with Crippen LogP contribution in [0.3, 0.4) is 0 Å². The zero-order valence-corrected chi connectivity index (χ0v) is 17.3. The number of halogens is 2. The highest BCUT2D eigenvalue weighted by Crippen LogP contribution is 2.24. The molecule has 32 heavy (non-hydrogen) atoms. The number of rotatable bonds is 7. The van der Waals surface area contributed by atoms with Gasteiger partial charge in [-0.3, -0.25) is 9.20 Å². The van der Waals surface area contributed by atoms with Crippen LogP contribution in [0, 0.1) is 18.6 Å². The number of amides is 1. The largest absolute Gasteiger partial charge is 0.485 e. The number of aromatic nitrogens is 2. The van der Waals surface area contributed by atoms with E-state index >= 15 is 0 Å². The van der Waals surface area contributed by atoms with Crippen LogP contribution in [0.4, 0.5) is 8.78 Å². The van der Waals surface area contributed by atoms with Gasteiger partial charge in [-0.05, 0) is 36.8 Å². The first-order chi connectivity index (χ1) is 15.5. The SMILES string of the molecule is Cc1nc2c(OCc3c(F)cccc3F)cccn2c1C(=O)NC[C@H](O)c1ccccc1. The zero-order valence-electron chi connectivity index (χ0n) is 17.3. The fourth-order valence-corrected chi connectivity index (χ4v) is 3.43. The van der Waals surface area contributed by atoms with Crippen LogP contribution in [-0.2, 0) is 6.61 Å². The van der Waals surface area contributed by atoms with Crippen LogP contribution >= 0.6 is 0 Å². The molecule has 0 aliphatic rings. The van der Waals surface area contributed by atoms with Crippen molar-refractivity contribution in [3.63, 3.8) is 0 Å². The van der Waals surface area contributed by atoms with Crippen molar-refractivity contribution >= 4 is 11.6 Å². The number of imidazole rings is 1. The van der Waals surface area contributed by atoms with E-state index in [-0.39, 0.29) is 30.2 Å². The molecule has 0 saturated carbocycles. The molecule has 2 aromatic heterocycles. The number of aliphatic hydroxyl groups excluding tert-OH is 1. The van der Waals surface area contributed by atoms with E-state index in [4.69, 9.17) is 4.74 Å². The summed E-state index contributed by atoms with van der Waals surface area (Å²) in [6, 6.07) is 15.9. The monoisotopic (exact) mass is 437 g/mol. The molecule has 0 bridgehead atoms. The van der Waals surface area contributed by atoms with Gasteiger partial charge in [0.1, 0.15) is 23.9 Å². The molecule has 1 amide bonds. The Labute approximate surface area is 183 Å². The van der Waals surface area contributed by atoms with E-state index < -0.39 is 23.6 Å². The van der Waals surface area contributed by atoms with Crippen molar-refractivity contribution in [3.05, 3.63) is 101 Å². The Morgan fingerprint density at radius 2 is 1.81 bits per heavy atom. The number of carbonyl (C=O) groups excluding carboxylic acids is 1. The van der Waals surface area contributed by atoms with E-state index in [0.29, 0.717) is 16.9 Å². The molecule has 1 atom stereocenters. The molecule has 0 unspecified atom stereocenters. The quantitative estimate of drug-likeness (QED) is 0.459. The van der Waals surface area contributed by atoms with Gasteiger partial charge < -0.3 is 15.2 Å². The fraction of sp³-hybridized carbons (Fsp3) is 0.167. The fourth-order valence-electron chi connectivity index (χ4n) is 3.43. The Balaban J connectivity index is 1.53. The van der Waals surface area contributed by atoms with Crippen molar-refractivity contribution in [3.8, 4) is 5.75 Å². The molecule has 8 heteroatoms. The van der Waals surface area contributed by atoms with Crippen LogP contribution in [0.1, 0.15) is 33.4 Å². The average molecular weight is 437 g/mol. The van der Waals surface area contributed by atoms with Crippen molar-refractivity contribution < 1.29 is 23.4 Å². The molecule has 2 heterocycles. The van der Waals surface area contributed by atoms with Crippen LogP contribution in [0.5, 0.6) is 5.75 Å². The molecule has 164 valence electrons. The summed E-state index contributed by atoms with van der Waals surface area (Å²) < 4.78 is 35.0. The lowest BCUT2D eigenvalue weighted by Crippen LogP contribution is -2.29. The molecule has 6 nitrogen and oxygen atoms in total. The Hall–Kier alpha value is -3.78. The summed E-state index contributed by atoms with van der Waals surface area (Å²) in [6.07, 6.45) is 0.795. The molecule has 0 radical (unpaired) electrons. The molecule has 0 aliphatic carbocycles. The maximum atomic E-state index is 13.9. The van der Waals surface area contributed by atoms with Gasteiger partial charge in [-0.15, -0.1) is 0 Å². The van der Waals surface area contributed by atoms with Crippen LogP contribution < -0.4 is 10.1 Å².